The van der Waals surface area contributed by atoms with Crippen LogP contribution in [0.3, 0.4) is 0 Å². The molecule has 17 heavy (non-hydrogen) atoms. The first kappa shape index (κ1) is 13.6. The number of fused-ring (bicyclic) bond motifs is 1. The van der Waals surface area contributed by atoms with Crippen LogP contribution in [0, 0.1) is 5.92 Å². The fourth-order valence-corrected chi connectivity index (χ4v) is 5.24. The Balaban J connectivity index is 1.36. The summed E-state index contributed by atoms with van der Waals surface area (Å²) in [4.78, 5) is 0. The number of epoxide rings is 1. The summed E-state index contributed by atoms with van der Waals surface area (Å²) < 4.78 is 5.60. The minimum absolute atomic E-state index is 0.288. The zero-order valence-electron chi connectivity index (χ0n) is 11.6. The van der Waals surface area contributed by atoms with E-state index in [0.29, 0.717) is 12.2 Å². The first-order chi connectivity index (χ1) is 8.40. The average Bonchev–Trinajstić information content (AvgIpc) is 3.11. The lowest BCUT2D eigenvalue weighted by Crippen LogP contribution is -2.13. The van der Waals surface area contributed by atoms with Crippen LogP contribution in [-0.4, -0.2) is 21.7 Å². The Hall–Kier alpha value is 0.177. The van der Waals surface area contributed by atoms with Crippen molar-refractivity contribution in [3.8, 4) is 0 Å². The Morgan fingerprint density at radius 3 is 2.71 bits per heavy atom. The van der Waals surface area contributed by atoms with E-state index >= 15 is 0 Å². The predicted octanol–water partition coefficient (Wildman–Crippen LogP) is 3.92. The highest BCUT2D eigenvalue weighted by atomic mass is 28.2. The van der Waals surface area contributed by atoms with E-state index < -0.39 is 0 Å². The summed E-state index contributed by atoms with van der Waals surface area (Å²) in [6.07, 6.45) is 14.5. The van der Waals surface area contributed by atoms with Gasteiger partial charge < -0.3 is 4.74 Å². The smallest absolute Gasteiger partial charge is 0.0844 e. The van der Waals surface area contributed by atoms with Gasteiger partial charge in [-0.25, -0.2) is 0 Å². The SMILES string of the molecule is CCCCCCC[SiH2]CCC1CCC2OC2C1. The van der Waals surface area contributed by atoms with E-state index in [1.165, 1.54) is 57.8 Å². The van der Waals surface area contributed by atoms with E-state index in [-0.39, 0.29) is 9.52 Å². The van der Waals surface area contributed by atoms with Crippen LogP contribution in [0.2, 0.25) is 12.1 Å². The molecular weight excluding hydrogens is 224 g/mol. The quantitative estimate of drug-likeness (QED) is 0.345. The molecule has 0 aromatic rings. The molecule has 3 atom stereocenters. The summed E-state index contributed by atoms with van der Waals surface area (Å²) in [6, 6.07) is 3.22. The maximum absolute atomic E-state index is 5.60. The van der Waals surface area contributed by atoms with Crippen molar-refractivity contribution in [3.63, 3.8) is 0 Å². The fraction of sp³-hybridized carbons (Fsp3) is 1.00. The molecule has 2 fully saturated rings. The predicted molar refractivity (Wildman–Crippen MR) is 77.5 cm³/mol. The van der Waals surface area contributed by atoms with Crippen LogP contribution in [0.4, 0.5) is 0 Å². The van der Waals surface area contributed by atoms with Gasteiger partial charge in [-0.2, -0.15) is 0 Å². The highest BCUT2D eigenvalue weighted by Crippen LogP contribution is 2.40. The Kier molecular flexibility index (Phi) is 6.06. The third-order valence-electron chi connectivity index (χ3n) is 4.58. The maximum Gasteiger partial charge on any atom is 0.0844 e. The molecular formula is C15H30OSi. The average molecular weight is 254 g/mol. The van der Waals surface area contributed by atoms with Crippen molar-refractivity contribution in [2.45, 2.75) is 89.0 Å². The minimum atomic E-state index is 0.288. The lowest BCUT2D eigenvalue weighted by atomic mass is 9.88. The Bertz CT molecular complexity index is 207. The van der Waals surface area contributed by atoms with Gasteiger partial charge in [0.1, 0.15) is 0 Å². The third-order valence-corrected chi connectivity index (χ3v) is 6.49. The lowest BCUT2D eigenvalue weighted by molar-refractivity contribution is 0.357. The van der Waals surface area contributed by atoms with Crippen LogP contribution < -0.4 is 0 Å². The Morgan fingerprint density at radius 1 is 1.00 bits per heavy atom. The summed E-state index contributed by atoms with van der Waals surface area (Å²) in [5.41, 5.74) is 0. The highest BCUT2D eigenvalue weighted by molar-refractivity contribution is 6.35. The highest BCUT2D eigenvalue weighted by Gasteiger charge is 2.43. The van der Waals surface area contributed by atoms with Gasteiger partial charge in [0.2, 0.25) is 0 Å². The van der Waals surface area contributed by atoms with Gasteiger partial charge in [-0.05, 0) is 25.2 Å². The topological polar surface area (TPSA) is 12.5 Å². The second kappa shape index (κ2) is 7.58. The van der Waals surface area contributed by atoms with Crippen LogP contribution in [-0.2, 0) is 4.74 Å². The molecule has 1 saturated heterocycles. The standard InChI is InChI=1S/C15H30OSi/c1-2-3-4-5-6-10-17-11-9-13-7-8-14-15(12-13)16-14/h13-15H,2-12,17H2,1H3. The Morgan fingerprint density at radius 2 is 1.88 bits per heavy atom. The number of hydrogen-bond donors (Lipinski definition) is 0. The Labute approximate surface area is 110 Å². The molecule has 0 N–H and O–H groups in total. The van der Waals surface area contributed by atoms with Crippen molar-refractivity contribution >= 4 is 9.52 Å². The molecule has 0 aromatic heterocycles. The van der Waals surface area contributed by atoms with E-state index in [0.717, 1.165) is 5.92 Å². The second-order valence-corrected chi connectivity index (χ2v) is 8.28. The molecule has 1 aliphatic carbocycles. The van der Waals surface area contributed by atoms with Crippen LogP contribution >= 0.6 is 0 Å². The number of rotatable bonds is 9. The van der Waals surface area contributed by atoms with Gasteiger partial charge in [0.25, 0.3) is 0 Å². The van der Waals surface area contributed by atoms with E-state index in [1.807, 2.05) is 0 Å². The molecule has 0 radical (unpaired) electrons. The summed E-state index contributed by atoms with van der Waals surface area (Å²) in [6.45, 7) is 2.30. The van der Waals surface area contributed by atoms with E-state index in [9.17, 15) is 0 Å². The van der Waals surface area contributed by atoms with Crippen LogP contribution in [0.25, 0.3) is 0 Å². The zero-order valence-corrected chi connectivity index (χ0v) is 13.0. The van der Waals surface area contributed by atoms with Crippen LogP contribution in [0.5, 0.6) is 0 Å². The molecule has 1 saturated carbocycles. The minimum Gasteiger partial charge on any atom is -0.370 e. The number of ether oxygens (including phenoxy) is 1. The zero-order chi connectivity index (χ0) is 11.9. The van der Waals surface area contributed by atoms with E-state index in [4.69, 9.17) is 4.74 Å². The molecule has 2 heteroatoms. The molecule has 100 valence electrons. The summed E-state index contributed by atoms with van der Waals surface area (Å²) in [5, 5.41) is 0. The van der Waals surface area contributed by atoms with Crippen molar-refractivity contribution in [1.82, 2.24) is 0 Å². The van der Waals surface area contributed by atoms with Gasteiger partial charge in [-0.3, -0.25) is 0 Å². The molecule has 0 amide bonds. The fourth-order valence-electron chi connectivity index (χ4n) is 3.32. The van der Waals surface area contributed by atoms with Crippen LogP contribution in [0.15, 0.2) is 0 Å². The van der Waals surface area contributed by atoms with Gasteiger partial charge in [-0.1, -0.05) is 57.5 Å². The molecule has 2 rings (SSSR count). The third kappa shape index (κ3) is 5.13. The van der Waals surface area contributed by atoms with E-state index in [2.05, 4.69) is 6.92 Å². The normalized spacial score (nSPS) is 31.9. The molecule has 1 aliphatic heterocycles. The molecule has 3 unspecified atom stereocenters. The summed E-state index contributed by atoms with van der Waals surface area (Å²) in [7, 11) is 0.288. The van der Waals surface area contributed by atoms with Gasteiger partial charge >= 0.3 is 0 Å². The van der Waals surface area contributed by atoms with Gasteiger partial charge in [0, 0.05) is 9.52 Å². The summed E-state index contributed by atoms with van der Waals surface area (Å²) >= 11 is 0. The van der Waals surface area contributed by atoms with Crippen molar-refractivity contribution < 1.29 is 4.74 Å². The van der Waals surface area contributed by atoms with Crippen molar-refractivity contribution in [2.75, 3.05) is 0 Å². The van der Waals surface area contributed by atoms with Crippen LogP contribution in [0.1, 0.15) is 64.7 Å². The molecule has 0 aromatic carbocycles. The largest absolute Gasteiger partial charge is 0.370 e. The first-order valence-electron chi connectivity index (χ1n) is 8.05. The van der Waals surface area contributed by atoms with Crippen molar-refractivity contribution in [2.24, 2.45) is 5.92 Å². The molecule has 1 heterocycles. The lowest BCUT2D eigenvalue weighted by Gasteiger charge is -2.18. The second-order valence-electron chi connectivity index (χ2n) is 6.16. The van der Waals surface area contributed by atoms with Gasteiger partial charge in [0.05, 0.1) is 12.2 Å². The van der Waals surface area contributed by atoms with Gasteiger partial charge in [-0.15, -0.1) is 0 Å². The molecule has 0 spiro atoms. The summed E-state index contributed by atoms with van der Waals surface area (Å²) in [5.74, 6) is 1.03. The molecule has 0 bridgehead atoms. The van der Waals surface area contributed by atoms with E-state index in [1.54, 1.807) is 12.1 Å². The first-order valence-corrected chi connectivity index (χ1v) is 10.1. The molecule has 1 nitrogen and oxygen atoms in total. The van der Waals surface area contributed by atoms with Gasteiger partial charge in [0.15, 0.2) is 0 Å². The van der Waals surface area contributed by atoms with Crippen molar-refractivity contribution in [3.05, 3.63) is 0 Å². The maximum atomic E-state index is 5.60. The monoisotopic (exact) mass is 254 g/mol. The number of hydrogen-bond acceptors (Lipinski definition) is 1. The molecule has 2 aliphatic rings. The number of unbranched alkanes of at least 4 members (excludes halogenated alkanes) is 4. The van der Waals surface area contributed by atoms with Crippen molar-refractivity contribution in [1.29, 1.82) is 0 Å².